The minimum absolute atomic E-state index is 0.0297. The lowest BCUT2D eigenvalue weighted by Crippen LogP contribution is -2.50. The average Bonchev–Trinajstić information content (AvgIpc) is 2.89. The zero-order chi connectivity index (χ0) is 16.5. The lowest BCUT2D eigenvalue weighted by molar-refractivity contribution is -0.267. The molecule has 0 spiro atoms. The molecule has 0 amide bonds. The molecule has 0 unspecified atom stereocenters. The number of hydrogen-bond donors (Lipinski definition) is 2. The zero-order valence-corrected chi connectivity index (χ0v) is 11.8. The molecular formula is C14H14F3NO4. The molecule has 2 aromatic rings. The van der Waals surface area contributed by atoms with Crippen LogP contribution >= 0.6 is 0 Å². The lowest BCUT2D eigenvalue weighted by atomic mass is 9.92. The molecule has 2 rings (SSSR count). The summed E-state index contributed by atoms with van der Waals surface area (Å²) in [5.41, 5.74) is -4.15. The van der Waals surface area contributed by atoms with Gasteiger partial charge in [-0.1, -0.05) is 6.07 Å². The van der Waals surface area contributed by atoms with Crippen LogP contribution in [0.15, 0.2) is 24.4 Å². The summed E-state index contributed by atoms with van der Waals surface area (Å²) in [5, 5.41) is 10.1. The van der Waals surface area contributed by atoms with Crippen LogP contribution in [-0.2, 0) is 15.1 Å². The zero-order valence-electron chi connectivity index (χ0n) is 11.8. The first-order chi connectivity index (χ1) is 10.3. The number of methoxy groups -OCH3 is 1. The van der Waals surface area contributed by atoms with E-state index in [1.165, 1.54) is 26.2 Å². The van der Waals surface area contributed by atoms with Crippen molar-refractivity contribution >= 4 is 16.9 Å². The number of carbonyl (C=O) groups excluding carboxylic acids is 1. The number of fused-ring (bicyclic) bond motifs is 1. The van der Waals surface area contributed by atoms with Gasteiger partial charge in [0.2, 0.25) is 0 Å². The van der Waals surface area contributed by atoms with E-state index >= 15 is 0 Å². The molecule has 0 aliphatic heterocycles. The number of carbonyl (C=O) groups is 1. The van der Waals surface area contributed by atoms with Crippen molar-refractivity contribution in [1.29, 1.82) is 0 Å². The number of ether oxygens (including phenoxy) is 2. The monoisotopic (exact) mass is 317 g/mol. The van der Waals surface area contributed by atoms with E-state index < -0.39 is 23.3 Å². The van der Waals surface area contributed by atoms with E-state index in [0.29, 0.717) is 5.52 Å². The SMILES string of the molecule is CCOC(=O)[C@@](O)(c1c[nH]c2cccc(OC)c12)C(F)(F)F. The van der Waals surface area contributed by atoms with E-state index in [2.05, 4.69) is 9.72 Å². The Hall–Kier alpha value is -2.22. The highest BCUT2D eigenvalue weighted by Gasteiger charge is 2.63. The molecule has 2 N–H and O–H groups in total. The van der Waals surface area contributed by atoms with Crippen molar-refractivity contribution in [2.75, 3.05) is 13.7 Å². The average molecular weight is 317 g/mol. The number of halogens is 3. The van der Waals surface area contributed by atoms with Crippen LogP contribution in [0.2, 0.25) is 0 Å². The molecule has 0 bridgehead atoms. The molecule has 22 heavy (non-hydrogen) atoms. The van der Waals surface area contributed by atoms with Crippen molar-refractivity contribution in [3.8, 4) is 5.75 Å². The Labute approximate surface area is 123 Å². The Morgan fingerprint density at radius 2 is 2.05 bits per heavy atom. The Bertz CT molecular complexity index is 695. The van der Waals surface area contributed by atoms with E-state index in [0.717, 1.165) is 6.20 Å². The number of aliphatic hydroxyl groups is 1. The second-order valence-electron chi connectivity index (χ2n) is 4.51. The van der Waals surface area contributed by atoms with Gasteiger partial charge in [-0.2, -0.15) is 13.2 Å². The summed E-state index contributed by atoms with van der Waals surface area (Å²) in [4.78, 5) is 14.4. The predicted octanol–water partition coefficient (Wildman–Crippen LogP) is 2.49. The normalized spacial score (nSPS) is 14.6. The number of nitrogens with one attached hydrogen (secondary N) is 1. The van der Waals surface area contributed by atoms with E-state index in [-0.39, 0.29) is 17.7 Å². The fraction of sp³-hybridized carbons (Fsp3) is 0.357. The lowest BCUT2D eigenvalue weighted by Gasteiger charge is -2.28. The number of aromatic amines is 1. The first kappa shape index (κ1) is 16.2. The van der Waals surface area contributed by atoms with E-state index in [4.69, 9.17) is 4.74 Å². The van der Waals surface area contributed by atoms with Crippen molar-refractivity contribution in [3.05, 3.63) is 30.0 Å². The van der Waals surface area contributed by atoms with Crippen molar-refractivity contribution in [2.24, 2.45) is 0 Å². The van der Waals surface area contributed by atoms with Gasteiger partial charge in [0.15, 0.2) is 0 Å². The molecule has 0 fully saturated rings. The van der Waals surface area contributed by atoms with Crippen LogP contribution < -0.4 is 4.74 Å². The molecule has 0 saturated heterocycles. The minimum Gasteiger partial charge on any atom is -0.496 e. The van der Waals surface area contributed by atoms with E-state index in [1.807, 2.05) is 0 Å². The molecule has 120 valence electrons. The van der Waals surface area contributed by atoms with Gasteiger partial charge < -0.3 is 19.6 Å². The smallest absolute Gasteiger partial charge is 0.432 e. The second kappa shape index (κ2) is 5.53. The number of benzene rings is 1. The van der Waals surface area contributed by atoms with Crippen molar-refractivity contribution in [3.63, 3.8) is 0 Å². The van der Waals surface area contributed by atoms with Crippen LogP contribution in [0.5, 0.6) is 5.75 Å². The van der Waals surface area contributed by atoms with Gasteiger partial charge in [-0.25, -0.2) is 4.79 Å². The topological polar surface area (TPSA) is 71.5 Å². The molecule has 0 saturated carbocycles. The van der Waals surface area contributed by atoms with Gasteiger partial charge in [0.25, 0.3) is 5.60 Å². The summed E-state index contributed by atoms with van der Waals surface area (Å²) >= 11 is 0. The molecule has 0 aliphatic rings. The standard InChI is InChI=1S/C14H14F3NO4/c1-3-22-12(19)13(20,14(15,16)17)8-7-18-9-5-4-6-10(21-2)11(8)9/h4-7,18,20H,3H2,1-2H3/t13-/m0/s1. The van der Waals surface area contributed by atoms with Crippen LogP contribution in [0, 0.1) is 0 Å². The van der Waals surface area contributed by atoms with Gasteiger partial charge >= 0.3 is 12.1 Å². The Balaban J connectivity index is 2.76. The summed E-state index contributed by atoms with van der Waals surface area (Å²) in [6.45, 7) is 1.06. The van der Waals surface area contributed by atoms with Crippen LogP contribution in [0.1, 0.15) is 12.5 Å². The Morgan fingerprint density at radius 1 is 1.36 bits per heavy atom. The largest absolute Gasteiger partial charge is 0.496 e. The quantitative estimate of drug-likeness (QED) is 0.850. The summed E-state index contributed by atoms with van der Waals surface area (Å²) in [7, 11) is 1.28. The Kier molecular flexibility index (Phi) is 4.06. The number of hydrogen-bond acceptors (Lipinski definition) is 4. The number of esters is 1. The maximum atomic E-state index is 13.4. The van der Waals surface area contributed by atoms with Crippen molar-refractivity contribution in [1.82, 2.24) is 4.98 Å². The van der Waals surface area contributed by atoms with Gasteiger partial charge in [0.05, 0.1) is 13.7 Å². The summed E-state index contributed by atoms with van der Waals surface area (Å²) < 4.78 is 49.6. The van der Waals surface area contributed by atoms with Gasteiger partial charge in [-0.05, 0) is 19.1 Å². The molecule has 1 atom stereocenters. The molecule has 1 aromatic heterocycles. The van der Waals surface area contributed by atoms with Gasteiger partial charge in [-0.3, -0.25) is 0 Å². The fourth-order valence-electron chi connectivity index (χ4n) is 2.22. The highest BCUT2D eigenvalue weighted by atomic mass is 19.4. The predicted molar refractivity (Wildman–Crippen MR) is 71.4 cm³/mol. The fourth-order valence-corrected chi connectivity index (χ4v) is 2.22. The molecule has 0 aliphatic carbocycles. The first-order valence-electron chi connectivity index (χ1n) is 6.38. The minimum atomic E-state index is -5.25. The van der Waals surface area contributed by atoms with Crippen molar-refractivity contribution < 1.29 is 32.5 Å². The molecule has 1 heterocycles. The Morgan fingerprint density at radius 3 is 2.59 bits per heavy atom. The van der Waals surface area contributed by atoms with Gasteiger partial charge in [0, 0.05) is 22.7 Å². The van der Waals surface area contributed by atoms with E-state index in [1.54, 1.807) is 6.07 Å². The van der Waals surface area contributed by atoms with E-state index in [9.17, 15) is 23.1 Å². The van der Waals surface area contributed by atoms with Crippen LogP contribution in [0.25, 0.3) is 10.9 Å². The molecule has 5 nitrogen and oxygen atoms in total. The van der Waals surface area contributed by atoms with Crippen molar-refractivity contribution in [2.45, 2.75) is 18.7 Å². The van der Waals surface area contributed by atoms with Gasteiger partial charge in [0.1, 0.15) is 5.75 Å². The first-order valence-corrected chi connectivity index (χ1v) is 6.38. The molecular weight excluding hydrogens is 303 g/mol. The highest BCUT2D eigenvalue weighted by Crippen LogP contribution is 2.44. The number of aromatic nitrogens is 1. The third-order valence-corrected chi connectivity index (χ3v) is 3.26. The number of alkyl halides is 3. The molecule has 0 radical (unpaired) electrons. The third kappa shape index (κ3) is 2.29. The maximum Gasteiger partial charge on any atom is 0.432 e. The maximum absolute atomic E-state index is 13.4. The summed E-state index contributed by atoms with van der Waals surface area (Å²) in [5.74, 6) is -1.69. The molecule has 1 aromatic carbocycles. The number of H-pyrrole nitrogens is 1. The summed E-state index contributed by atoms with van der Waals surface area (Å²) in [6.07, 6.45) is -4.33. The summed E-state index contributed by atoms with van der Waals surface area (Å²) in [6, 6.07) is 4.50. The third-order valence-electron chi connectivity index (χ3n) is 3.26. The molecule has 8 heteroatoms. The van der Waals surface area contributed by atoms with Crippen LogP contribution in [0.4, 0.5) is 13.2 Å². The highest BCUT2D eigenvalue weighted by molar-refractivity contribution is 5.95. The van der Waals surface area contributed by atoms with Gasteiger partial charge in [-0.15, -0.1) is 0 Å². The van der Waals surface area contributed by atoms with Crippen LogP contribution in [-0.4, -0.2) is 36.0 Å². The second-order valence-corrected chi connectivity index (χ2v) is 4.51. The number of rotatable bonds is 4. The van der Waals surface area contributed by atoms with Crippen LogP contribution in [0.3, 0.4) is 0 Å².